The van der Waals surface area contributed by atoms with Gasteiger partial charge in [0, 0.05) is 26.1 Å². The number of nitro benzene ring substituents is 1. The topological polar surface area (TPSA) is 89.8 Å². The van der Waals surface area contributed by atoms with Crippen molar-refractivity contribution in [2.75, 3.05) is 13.7 Å². The molecule has 26 heavy (non-hydrogen) atoms. The van der Waals surface area contributed by atoms with Crippen LogP contribution in [0.1, 0.15) is 28.8 Å². The van der Waals surface area contributed by atoms with Gasteiger partial charge in [0.2, 0.25) is 5.91 Å². The van der Waals surface area contributed by atoms with E-state index in [2.05, 4.69) is 0 Å². The highest BCUT2D eigenvalue weighted by Crippen LogP contribution is 2.22. The first-order chi connectivity index (χ1) is 12.5. The zero-order valence-corrected chi connectivity index (χ0v) is 14.5. The van der Waals surface area contributed by atoms with Crippen molar-refractivity contribution >= 4 is 17.9 Å². The van der Waals surface area contributed by atoms with E-state index in [1.54, 1.807) is 11.9 Å². The van der Waals surface area contributed by atoms with E-state index in [1.807, 2.05) is 30.3 Å². The molecule has 136 valence electrons. The van der Waals surface area contributed by atoms with Crippen LogP contribution in [0.2, 0.25) is 0 Å². The highest BCUT2D eigenvalue weighted by molar-refractivity contribution is 5.82. The SMILES string of the molecule is CN(Cc1ccccc1)C(=O)CCCOc1ccc([N+](=O)[O-])c(C=O)c1. The van der Waals surface area contributed by atoms with Crippen LogP contribution in [0, 0.1) is 10.1 Å². The lowest BCUT2D eigenvalue weighted by atomic mass is 10.2. The number of nitro groups is 1. The van der Waals surface area contributed by atoms with Crippen molar-refractivity contribution < 1.29 is 19.2 Å². The van der Waals surface area contributed by atoms with E-state index in [4.69, 9.17) is 4.74 Å². The third kappa shape index (κ3) is 5.41. The van der Waals surface area contributed by atoms with E-state index in [0.717, 1.165) is 5.56 Å². The summed E-state index contributed by atoms with van der Waals surface area (Å²) in [6, 6.07) is 13.7. The highest BCUT2D eigenvalue weighted by Gasteiger charge is 2.14. The minimum absolute atomic E-state index is 0.00901. The van der Waals surface area contributed by atoms with Crippen molar-refractivity contribution in [3.05, 3.63) is 69.8 Å². The fourth-order valence-corrected chi connectivity index (χ4v) is 2.43. The summed E-state index contributed by atoms with van der Waals surface area (Å²) in [6.07, 6.45) is 1.26. The average molecular weight is 356 g/mol. The molecule has 7 nitrogen and oxygen atoms in total. The standard InChI is InChI=1S/C19H20N2O5/c1-20(13-15-6-3-2-4-7-15)19(23)8-5-11-26-17-9-10-18(21(24)25)16(12-17)14-22/h2-4,6-7,9-10,12,14H,5,8,11,13H2,1H3. The Hall–Kier alpha value is -3.22. The number of rotatable bonds is 9. The summed E-state index contributed by atoms with van der Waals surface area (Å²) in [7, 11) is 1.75. The third-order valence-corrected chi connectivity index (χ3v) is 3.81. The summed E-state index contributed by atoms with van der Waals surface area (Å²) < 4.78 is 5.48. The second-order valence-corrected chi connectivity index (χ2v) is 5.78. The summed E-state index contributed by atoms with van der Waals surface area (Å²) in [4.78, 5) is 34.9. The van der Waals surface area contributed by atoms with Gasteiger partial charge in [0.25, 0.3) is 5.69 Å². The van der Waals surface area contributed by atoms with E-state index in [9.17, 15) is 19.7 Å². The molecule has 0 heterocycles. The lowest BCUT2D eigenvalue weighted by molar-refractivity contribution is -0.385. The number of carbonyl (C=O) groups excluding carboxylic acids is 2. The second-order valence-electron chi connectivity index (χ2n) is 5.78. The van der Waals surface area contributed by atoms with Crippen molar-refractivity contribution in [1.82, 2.24) is 4.90 Å². The average Bonchev–Trinajstić information content (AvgIpc) is 2.65. The number of amides is 1. The van der Waals surface area contributed by atoms with Crippen molar-refractivity contribution in [2.45, 2.75) is 19.4 Å². The van der Waals surface area contributed by atoms with E-state index >= 15 is 0 Å². The number of hydrogen-bond donors (Lipinski definition) is 0. The number of hydrogen-bond acceptors (Lipinski definition) is 5. The summed E-state index contributed by atoms with van der Waals surface area (Å²) in [5, 5.41) is 10.8. The van der Waals surface area contributed by atoms with Crippen LogP contribution >= 0.6 is 0 Å². The van der Waals surface area contributed by atoms with Crippen molar-refractivity contribution in [1.29, 1.82) is 0 Å². The van der Waals surface area contributed by atoms with Gasteiger partial charge < -0.3 is 9.64 Å². The number of ether oxygens (including phenoxy) is 1. The molecule has 0 aromatic heterocycles. The monoisotopic (exact) mass is 356 g/mol. The molecule has 2 aromatic carbocycles. The number of nitrogens with zero attached hydrogens (tertiary/aromatic N) is 2. The Balaban J connectivity index is 1.78. The molecule has 0 saturated carbocycles. The van der Waals surface area contributed by atoms with E-state index in [1.165, 1.54) is 18.2 Å². The van der Waals surface area contributed by atoms with E-state index < -0.39 is 4.92 Å². The molecule has 0 unspecified atom stereocenters. The molecule has 0 aliphatic carbocycles. The molecule has 0 saturated heterocycles. The van der Waals surface area contributed by atoms with Gasteiger partial charge in [-0.15, -0.1) is 0 Å². The van der Waals surface area contributed by atoms with Crippen LogP contribution in [-0.4, -0.2) is 35.7 Å². The van der Waals surface area contributed by atoms with E-state index in [-0.39, 0.29) is 23.8 Å². The maximum absolute atomic E-state index is 12.1. The Morgan fingerprint density at radius 2 is 1.96 bits per heavy atom. The first kappa shape index (κ1) is 19.1. The van der Waals surface area contributed by atoms with Crippen LogP contribution in [-0.2, 0) is 11.3 Å². The smallest absolute Gasteiger partial charge is 0.280 e. The fraction of sp³-hybridized carbons (Fsp3) is 0.263. The van der Waals surface area contributed by atoms with Crippen molar-refractivity contribution in [3.63, 3.8) is 0 Å². The number of benzene rings is 2. The van der Waals surface area contributed by atoms with Crippen molar-refractivity contribution in [3.8, 4) is 5.75 Å². The van der Waals surface area contributed by atoms with Crippen LogP contribution in [0.4, 0.5) is 5.69 Å². The quantitative estimate of drug-likeness (QED) is 0.298. The predicted octanol–water partition coefficient (Wildman–Crippen LogP) is 3.22. The largest absolute Gasteiger partial charge is 0.494 e. The van der Waals surface area contributed by atoms with Crippen LogP contribution < -0.4 is 4.74 Å². The van der Waals surface area contributed by atoms with Crippen molar-refractivity contribution in [2.24, 2.45) is 0 Å². The molecular weight excluding hydrogens is 336 g/mol. The Labute approximate surface area is 151 Å². The molecule has 0 fully saturated rings. The maximum Gasteiger partial charge on any atom is 0.280 e. The molecule has 0 atom stereocenters. The normalized spacial score (nSPS) is 10.2. The number of carbonyl (C=O) groups is 2. The van der Waals surface area contributed by atoms with Gasteiger partial charge >= 0.3 is 0 Å². The van der Waals surface area contributed by atoms with Gasteiger partial charge in [0.05, 0.1) is 17.1 Å². The first-order valence-electron chi connectivity index (χ1n) is 8.15. The Morgan fingerprint density at radius 1 is 1.23 bits per heavy atom. The van der Waals surface area contributed by atoms with Gasteiger partial charge in [-0.2, -0.15) is 0 Å². The molecule has 0 radical (unpaired) electrons. The Bertz CT molecular complexity index is 777. The minimum atomic E-state index is -0.616. The van der Waals surface area contributed by atoms with Gasteiger partial charge in [-0.25, -0.2) is 0 Å². The second kappa shape index (κ2) is 9.31. The lowest BCUT2D eigenvalue weighted by Crippen LogP contribution is -2.26. The van der Waals surface area contributed by atoms with Gasteiger partial charge in [-0.1, -0.05) is 30.3 Å². The summed E-state index contributed by atoms with van der Waals surface area (Å²) in [6.45, 7) is 0.826. The zero-order valence-electron chi connectivity index (χ0n) is 14.5. The molecule has 1 amide bonds. The van der Waals surface area contributed by atoms with Crippen LogP contribution in [0.25, 0.3) is 0 Å². The third-order valence-electron chi connectivity index (χ3n) is 3.81. The van der Waals surface area contributed by atoms with Gasteiger partial charge in [-0.05, 0) is 24.1 Å². The van der Waals surface area contributed by atoms with Crippen LogP contribution in [0.5, 0.6) is 5.75 Å². The molecule has 0 spiro atoms. The molecule has 2 rings (SSSR count). The predicted molar refractivity (Wildman–Crippen MR) is 96.1 cm³/mol. The first-order valence-corrected chi connectivity index (χ1v) is 8.15. The highest BCUT2D eigenvalue weighted by atomic mass is 16.6. The summed E-state index contributed by atoms with van der Waals surface area (Å²) in [5.41, 5.74) is 0.767. The maximum atomic E-state index is 12.1. The Kier molecular flexibility index (Phi) is 6.84. The molecule has 2 aromatic rings. The molecule has 0 bridgehead atoms. The summed E-state index contributed by atoms with van der Waals surface area (Å²) in [5.74, 6) is 0.373. The van der Waals surface area contributed by atoms with Crippen LogP contribution in [0.3, 0.4) is 0 Å². The summed E-state index contributed by atoms with van der Waals surface area (Å²) >= 11 is 0. The molecule has 0 N–H and O–H groups in total. The fourth-order valence-electron chi connectivity index (χ4n) is 2.43. The molecule has 0 aliphatic rings. The Morgan fingerprint density at radius 3 is 2.62 bits per heavy atom. The van der Waals surface area contributed by atoms with Gasteiger partial charge in [0.15, 0.2) is 6.29 Å². The minimum Gasteiger partial charge on any atom is -0.494 e. The van der Waals surface area contributed by atoms with E-state index in [0.29, 0.717) is 31.4 Å². The van der Waals surface area contributed by atoms with Gasteiger partial charge in [-0.3, -0.25) is 19.7 Å². The lowest BCUT2D eigenvalue weighted by Gasteiger charge is -2.17. The van der Waals surface area contributed by atoms with Crippen LogP contribution in [0.15, 0.2) is 48.5 Å². The van der Waals surface area contributed by atoms with Gasteiger partial charge in [0.1, 0.15) is 5.75 Å². The molecule has 7 heteroatoms. The molecule has 0 aliphatic heterocycles. The molecular formula is C19H20N2O5. The zero-order chi connectivity index (χ0) is 18.9. The number of aldehydes is 1.